The molecule has 1 N–H and O–H groups in total. The second-order valence-electron chi connectivity index (χ2n) is 6.40. The summed E-state index contributed by atoms with van der Waals surface area (Å²) in [6.45, 7) is -0.0244. The molecule has 1 atom stereocenters. The Morgan fingerprint density at radius 3 is 2.67 bits per heavy atom. The normalized spacial score (nSPS) is 13.8. The predicted octanol–water partition coefficient (Wildman–Crippen LogP) is 3.75. The summed E-state index contributed by atoms with van der Waals surface area (Å²) in [7, 11) is 0. The van der Waals surface area contributed by atoms with Crippen molar-refractivity contribution in [1.82, 2.24) is 19.3 Å². The first-order valence-electron chi connectivity index (χ1n) is 8.19. The van der Waals surface area contributed by atoms with Gasteiger partial charge in [-0.15, -0.1) is 0 Å². The zero-order valence-electron chi connectivity index (χ0n) is 14.1. The highest BCUT2D eigenvalue weighted by atomic mass is 35.5. The van der Waals surface area contributed by atoms with Crippen molar-refractivity contribution in [1.29, 1.82) is 0 Å². The number of benzene rings is 2. The lowest BCUT2D eigenvalue weighted by Gasteiger charge is -2.30. The zero-order valence-corrected chi connectivity index (χ0v) is 14.8. The Kier molecular flexibility index (Phi) is 4.41. The third-order valence-corrected chi connectivity index (χ3v) is 4.72. The van der Waals surface area contributed by atoms with Crippen LogP contribution in [0.15, 0.2) is 61.3 Å². The maximum Gasteiger partial charge on any atom is 0.137 e. The van der Waals surface area contributed by atoms with Gasteiger partial charge in [0, 0.05) is 33.8 Å². The molecule has 2 heterocycles. The molecule has 2 aromatic heterocycles. The van der Waals surface area contributed by atoms with Crippen molar-refractivity contribution < 1.29 is 13.9 Å². The molecule has 4 aromatic rings. The zero-order chi connectivity index (χ0) is 19.0. The first-order chi connectivity index (χ1) is 12.9. The van der Waals surface area contributed by atoms with Crippen molar-refractivity contribution in [2.24, 2.45) is 0 Å². The van der Waals surface area contributed by atoms with Gasteiger partial charge < -0.3 is 9.67 Å². The number of fused-ring (bicyclic) bond motifs is 1. The number of rotatable bonds is 5. The minimum atomic E-state index is -1.68. The summed E-state index contributed by atoms with van der Waals surface area (Å²) in [5.74, 6) is -1.53. The number of nitrogens with zero attached hydrogens (tertiary/aromatic N) is 4. The molecule has 1 unspecified atom stereocenters. The van der Waals surface area contributed by atoms with Crippen molar-refractivity contribution in [3.8, 4) is 0 Å². The van der Waals surface area contributed by atoms with Gasteiger partial charge in [-0.1, -0.05) is 17.7 Å². The van der Waals surface area contributed by atoms with Gasteiger partial charge in [-0.2, -0.15) is 5.10 Å². The lowest BCUT2D eigenvalue weighted by Crippen LogP contribution is -2.37. The molecule has 0 radical (unpaired) electrons. The molecular formula is C19H15ClF2N4O. The average Bonchev–Trinajstić information content (AvgIpc) is 3.24. The van der Waals surface area contributed by atoms with Crippen LogP contribution in [-0.2, 0) is 18.7 Å². The molecule has 0 fully saturated rings. The van der Waals surface area contributed by atoms with Crippen LogP contribution in [0, 0.1) is 11.6 Å². The third kappa shape index (κ3) is 3.43. The maximum absolute atomic E-state index is 14.5. The van der Waals surface area contributed by atoms with Gasteiger partial charge in [-0.3, -0.25) is 0 Å². The fourth-order valence-electron chi connectivity index (χ4n) is 3.26. The first kappa shape index (κ1) is 17.6. The first-order valence-corrected chi connectivity index (χ1v) is 8.57. The second-order valence-corrected chi connectivity index (χ2v) is 6.83. The van der Waals surface area contributed by atoms with E-state index in [0.717, 1.165) is 23.0 Å². The van der Waals surface area contributed by atoms with Crippen LogP contribution in [0.25, 0.3) is 10.9 Å². The van der Waals surface area contributed by atoms with E-state index in [4.69, 9.17) is 11.6 Å². The van der Waals surface area contributed by atoms with E-state index in [-0.39, 0.29) is 18.7 Å². The highest BCUT2D eigenvalue weighted by Crippen LogP contribution is 2.30. The van der Waals surface area contributed by atoms with Gasteiger partial charge in [0.2, 0.25) is 0 Å². The molecule has 27 heavy (non-hydrogen) atoms. The minimum Gasteiger partial charge on any atom is -0.381 e. The molecule has 8 heteroatoms. The molecule has 0 saturated carbocycles. The molecular weight excluding hydrogens is 374 g/mol. The molecule has 0 aliphatic heterocycles. The van der Waals surface area contributed by atoms with Crippen molar-refractivity contribution in [3.63, 3.8) is 0 Å². The van der Waals surface area contributed by atoms with E-state index >= 15 is 0 Å². The van der Waals surface area contributed by atoms with Gasteiger partial charge in [-0.25, -0.2) is 18.4 Å². The highest BCUT2D eigenvalue weighted by molar-refractivity contribution is 6.31. The van der Waals surface area contributed by atoms with Crippen LogP contribution in [-0.4, -0.2) is 24.4 Å². The third-order valence-electron chi connectivity index (χ3n) is 4.49. The van der Waals surface area contributed by atoms with Gasteiger partial charge in [0.25, 0.3) is 0 Å². The Morgan fingerprint density at radius 1 is 1.07 bits per heavy atom. The van der Waals surface area contributed by atoms with Gasteiger partial charge in [0.1, 0.15) is 29.9 Å². The summed E-state index contributed by atoms with van der Waals surface area (Å²) >= 11 is 6.03. The molecule has 4 rings (SSSR count). The van der Waals surface area contributed by atoms with E-state index in [0.29, 0.717) is 5.02 Å². The number of aromatic nitrogens is 4. The number of aliphatic hydroxyl groups is 1. The lowest BCUT2D eigenvalue weighted by molar-refractivity contribution is -0.00435. The Balaban J connectivity index is 1.79. The average molecular weight is 389 g/mol. The molecule has 0 spiro atoms. The number of halogens is 3. The van der Waals surface area contributed by atoms with E-state index in [2.05, 4.69) is 10.1 Å². The molecule has 0 saturated heterocycles. The molecule has 138 valence electrons. The van der Waals surface area contributed by atoms with Crippen LogP contribution in [0.5, 0.6) is 0 Å². The van der Waals surface area contributed by atoms with E-state index < -0.39 is 17.2 Å². The second kappa shape index (κ2) is 6.75. The summed E-state index contributed by atoms with van der Waals surface area (Å²) in [5, 5.41) is 16.9. The predicted molar refractivity (Wildman–Crippen MR) is 97.2 cm³/mol. The largest absolute Gasteiger partial charge is 0.381 e. The van der Waals surface area contributed by atoms with Crippen LogP contribution < -0.4 is 0 Å². The summed E-state index contributed by atoms with van der Waals surface area (Å²) in [4.78, 5) is 3.86. The van der Waals surface area contributed by atoms with E-state index in [9.17, 15) is 13.9 Å². The van der Waals surface area contributed by atoms with Crippen LogP contribution in [0.2, 0.25) is 5.02 Å². The smallest absolute Gasteiger partial charge is 0.137 e. The standard InChI is InChI=1S/C19H15ClF2N4O/c20-14-1-4-18-13(7-14)5-6-25(18)9-19(27,10-26-12-23-11-24-26)16-3-2-15(21)8-17(16)22/h1-8,11-12,27H,9-10H2. The Hall–Kier alpha value is -2.77. The molecule has 5 nitrogen and oxygen atoms in total. The van der Waals surface area contributed by atoms with E-state index in [1.807, 2.05) is 18.2 Å². The number of hydrogen-bond donors (Lipinski definition) is 1. The SMILES string of the molecule is OC(Cn1cncn1)(Cn1ccc2cc(Cl)ccc21)c1ccc(F)cc1F. The molecule has 0 aliphatic carbocycles. The van der Waals surface area contributed by atoms with Gasteiger partial charge >= 0.3 is 0 Å². The van der Waals surface area contributed by atoms with E-state index in [1.54, 1.807) is 16.8 Å². The maximum atomic E-state index is 14.5. The van der Waals surface area contributed by atoms with Crippen molar-refractivity contribution in [2.75, 3.05) is 0 Å². The summed E-state index contributed by atoms with van der Waals surface area (Å²) in [6, 6.07) is 10.4. The number of hydrogen-bond acceptors (Lipinski definition) is 3. The summed E-state index contributed by atoms with van der Waals surface area (Å²) in [6.07, 6.45) is 4.54. The molecule has 0 bridgehead atoms. The van der Waals surface area contributed by atoms with Crippen LogP contribution in [0.3, 0.4) is 0 Å². The summed E-state index contributed by atoms with van der Waals surface area (Å²) in [5.41, 5.74) is -0.869. The monoisotopic (exact) mass is 388 g/mol. The van der Waals surface area contributed by atoms with Crippen LogP contribution in [0.1, 0.15) is 5.56 Å². The van der Waals surface area contributed by atoms with Crippen molar-refractivity contribution in [2.45, 2.75) is 18.7 Å². The van der Waals surface area contributed by atoms with E-state index in [1.165, 1.54) is 23.4 Å². The quantitative estimate of drug-likeness (QED) is 0.566. The topological polar surface area (TPSA) is 55.9 Å². The van der Waals surface area contributed by atoms with Crippen molar-refractivity contribution >= 4 is 22.5 Å². The Morgan fingerprint density at radius 2 is 1.93 bits per heavy atom. The van der Waals surface area contributed by atoms with Gasteiger partial charge in [-0.05, 0) is 30.3 Å². The van der Waals surface area contributed by atoms with Crippen LogP contribution in [0.4, 0.5) is 8.78 Å². The van der Waals surface area contributed by atoms with Gasteiger partial charge in [0.15, 0.2) is 0 Å². The molecule has 2 aromatic carbocycles. The fourth-order valence-corrected chi connectivity index (χ4v) is 3.44. The van der Waals surface area contributed by atoms with Crippen LogP contribution >= 0.6 is 11.6 Å². The molecule has 0 aliphatic rings. The van der Waals surface area contributed by atoms with Gasteiger partial charge in [0.05, 0.1) is 13.1 Å². The molecule has 0 amide bonds. The summed E-state index contributed by atoms with van der Waals surface area (Å²) < 4.78 is 31.1. The Bertz CT molecular complexity index is 1100. The van der Waals surface area contributed by atoms with Crippen molar-refractivity contribution in [3.05, 3.63) is 83.5 Å². The fraction of sp³-hybridized carbons (Fsp3) is 0.158. The highest BCUT2D eigenvalue weighted by Gasteiger charge is 2.34. The lowest BCUT2D eigenvalue weighted by atomic mass is 9.92. The minimum absolute atomic E-state index is 0.0183. The Labute approximate surface area is 158 Å².